The molecule has 0 heterocycles. The lowest BCUT2D eigenvalue weighted by Crippen LogP contribution is -2.01. The molecule has 1 rings (SSSR count). The lowest BCUT2D eigenvalue weighted by molar-refractivity contribution is 1.30. The Morgan fingerprint density at radius 2 is 2.31 bits per heavy atom. The van der Waals surface area contributed by atoms with E-state index in [0.717, 1.165) is 15.2 Å². The smallest absolute Gasteiger partial charge is 0.0460 e. The molecule has 1 aromatic rings. The summed E-state index contributed by atoms with van der Waals surface area (Å²) in [6.45, 7) is 6.49. The predicted octanol–water partition coefficient (Wildman–Crippen LogP) is 3.97. The topological polar surface area (TPSA) is 12.0 Å². The van der Waals surface area contributed by atoms with E-state index in [1.54, 1.807) is 0 Å². The maximum Gasteiger partial charge on any atom is 0.0460 e. The summed E-state index contributed by atoms with van der Waals surface area (Å²) in [5, 5.41) is 3.97. The number of benzene rings is 1. The van der Waals surface area contributed by atoms with Crippen LogP contribution >= 0.6 is 27.5 Å². The van der Waals surface area contributed by atoms with Gasteiger partial charge in [0.05, 0.1) is 0 Å². The van der Waals surface area contributed by atoms with E-state index < -0.39 is 0 Å². The van der Waals surface area contributed by atoms with E-state index in [1.807, 2.05) is 25.1 Å². The minimum Gasteiger partial charge on any atom is -0.380 e. The molecule has 13 heavy (non-hydrogen) atoms. The van der Waals surface area contributed by atoms with Gasteiger partial charge in [-0.25, -0.2) is 0 Å². The van der Waals surface area contributed by atoms with Gasteiger partial charge in [0.15, 0.2) is 0 Å². The van der Waals surface area contributed by atoms with E-state index in [1.165, 1.54) is 5.56 Å². The largest absolute Gasteiger partial charge is 0.380 e. The summed E-state index contributed by atoms with van der Waals surface area (Å²) in [6.07, 6.45) is 0. The van der Waals surface area contributed by atoms with Crippen LogP contribution in [0.4, 0.5) is 5.69 Å². The Morgan fingerprint density at radius 1 is 1.62 bits per heavy atom. The van der Waals surface area contributed by atoms with Gasteiger partial charge in [-0.3, -0.25) is 0 Å². The SMILES string of the molecule is C=C(Br)CNc1cc(Cl)ccc1C. The normalized spacial score (nSPS) is 9.77. The highest BCUT2D eigenvalue weighted by atomic mass is 79.9. The summed E-state index contributed by atoms with van der Waals surface area (Å²) in [5.41, 5.74) is 2.23. The van der Waals surface area contributed by atoms with Crippen LogP contribution in [0.15, 0.2) is 29.3 Å². The van der Waals surface area contributed by atoms with Crippen LogP contribution < -0.4 is 5.32 Å². The van der Waals surface area contributed by atoms with Gasteiger partial charge < -0.3 is 5.32 Å². The van der Waals surface area contributed by atoms with Crippen LogP contribution in [-0.2, 0) is 0 Å². The molecule has 0 bridgehead atoms. The van der Waals surface area contributed by atoms with Crippen LogP contribution in [0.2, 0.25) is 5.02 Å². The number of rotatable bonds is 3. The lowest BCUT2D eigenvalue weighted by atomic mass is 10.2. The van der Waals surface area contributed by atoms with Crippen LogP contribution in [-0.4, -0.2) is 6.54 Å². The molecular formula is C10H11BrClN. The van der Waals surface area contributed by atoms with Crippen molar-refractivity contribution in [3.63, 3.8) is 0 Å². The van der Waals surface area contributed by atoms with Crippen molar-refractivity contribution in [2.75, 3.05) is 11.9 Å². The minimum absolute atomic E-state index is 0.710. The fourth-order valence-corrected chi connectivity index (χ4v) is 1.29. The molecule has 0 aliphatic heterocycles. The highest BCUT2D eigenvalue weighted by molar-refractivity contribution is 9.11. The van der Waals surface area contributed by atoms with E-state index in [4.69, 9.17) is 11.6 Å². The van der Waals surface area contributed by atoms with Gasteiger partial charge in [-0.15, -0.1) is 0 Å². The first kappa shape index (κ1) is 10.6. The molecule has 0 fully saturated rings. The van der Waals surface area contributed by atoms with Gasteiger partial charge in [0, 0.05) is 21.7 Å². The molecule has 70 valence electrons. The first-order chi connectivity index (χ1) is 6.09. The summed E-state index contributed by atoms with van der Waals surface area (Å²) < 4.78 is 0.923. The molecule has 0 aliphatic carbocycles. The summed E-state index contributed by atoms with van der Waals surface area (Å²) in [5.74, 6) is 0. The van der Waals surface area contributed by atoms with Crippen molar-refractivity contribution >= 4 is 33.2 Å². The Kier molecular flexibility index (Phi) is 3.82. The van der Waals surface area contributed by atoms with Gasteiger partial charge in [-0.05, 0) is 24.6 Å². The van der Waals surface area contributed by atoms with Crippen LogP contribution in [0.3, 0.4) is 0 Å². The summed E-state index contributed by atoms with van der Waals surface area (Å²) in [7, 11) is 0. The first-order valence-corrected chi connectivity index (χ1v) is 5.10. The monoisotopic (exact) mass is 259 g/mol. The van der Waals surface area contributed by atoms with Crippen LogP contribution in [0.25, 0.3) is 0 Å². The van der Waals surface area contributed by atoms with Crippen molar-refractivity contribution < 1.29 is 0 Å². The van der Waals surface area contributed by atoms with Gasteiger partial charge in [0.1, 0.15) is 0 Å². The van der Waals surface area contributed by atoms with Crippen LogP contribution in [0.1, 0.15) is 5.56 Å². The highest BCUT2D eigenvalue weighted by Gasteiger charge is 1.98. The molecule has 0 radical (unpaired) electrons. The lowest BCUT2D eigenvalue weighted by Gasteiger charge is -2.08. The van der Waals surface area contributed by atoms with Crippen molar-refractivity contribution in [1.29, 1.82) is 0 Å². The molecule has 1 N–H and O–H groups in total. The molecule has 1 aromatic carbocycles. The Bertz CT molecular complexity index is 323. The van der Waals surface area contributed by atoms with Crippen molar-refractivity contribution in [3.05, 3.63) is 39.8 Å². The molecule has 0 amide bonds. The van der Waals surface area contributed by atoms with Crippen molar-refractivity contribution in [2.24, 2.45) is 0 Å². The molecule has 0 aromatic heterocycles. The van der Waals surface area contributed by atoms with Gasteiger partial charge in [-0.1, -0.05) is 40.2 Å². The maximum atomic E-state index is 5.86. The second-order valence-electron chi connectivity index (χ2n) is 2.83. The highest BCUT2D eigenvalue weighted by Crippen LogP contribution is 2.20. The molecule has 0 aliphatic rings. The second kappa shape index (κ2) is 4.68. The summed E-state index contributed by atoms with van der Waals surface area (Å²) in [6, 6.07) is 5.78. The quantitative estimate of drug-likeness (QED) is 0.867. The molecular weight excluding hydrogens is 249 g/mol. The molecule has 0 saturated heterocycles. The minimum atomic E-state index is 0.710. The van der Waals surface area contributed by atoms with Crippen LogP contribution in [0.5, 0.6) is 0 Å². The van der Waals surface area contributed by atoms with Crippen molar-refractivity contribution in [1.82, 2.24) is 0 Å². The van der Waals surface area contributed by atoms with Gasteiger partial charge >= 0.3 is 0 Å². The zero-order valence-corrected chi connectivity index (χ0v) is 9.74. The third kappa shape index (κ3) is 3.41. The summed E-state index contributed by atoms with van der Waals surface area (Å²) >= 11 is 9.14. The molecule has 0 atom stereocenters. The predicted molar refractivity (Wildman–Crippen MR) is 62.7 cm³/mol. The Labute approximate surface area is 91.9 Å². The third-order valence-electron chi connectivity index (χ3n) is 1.67. The van der Waals surface area contributed by atoms with Crippen LogP contribution in [0, 0.1) is 6.92 Å². The van der Waals surface area contributed by atoms with Gasteiger partial charge in [0.25, 0.3) is 0 Å². The third-order valence-corrected chi connectivity index (χ3v) is 2.19. The fourth-order valence-electron chi connectivity index (χ4n) is 0.976. The van der Waals surface area contributed by atoms with Crippen molar-refractivity contribution in [3.8, 4) is 0 Å². The molecule has 0 spiro atoms. The number of aryl methyl sites for hydroxylation is 1. The summed E-state index contributed by atoms with van der Waals surface area (Å²) in [4.78, 5) is 0. The number of hydrogen-bond donors (Lipinski definition) is 1. The van der Waals surface area contributed by atoms with Gasteiger partial charge in [-0.2, -0.15) is 0 Å². The van der Waals surface area contributed by atoms with E-state index in [0.29, 0.717) is 6.54 Å². The molecule has 3 heteroatoms. The molecule has 0 unspecified atom stereocenters. The Morgan fingerprint density at radius 3 is 2.92 bits per heavy atom. The first-order valence-electron chi connectivity index (χ1n) is 3.93. The average molecular weight is 261 g/mol. The average Bonchev–Trinajstić information content (AvgIpc) is 2.06. The Hall–Kier alpha value is -0.470. The second-order valence-corrected chi connectivity index (χ2v) is 4.39. The number of halogens is 2. The van der Waals surface area contributed by atoms with E-state index in [-0.39, 0.29) is 0 Å². The fraction of sp³-hybridized carbons (Fsp3) is 0.200. The van der Waals surface area contributed by atoms with Gasteiger partial charge in [0.2, 0.25) is 0 Å². The number of nitrogens with one attached hydrogen (secondary N) is 1. The number of anilines is 1. The zero-order valence-electron chi connectivity index (χ0n) is 7.40. The zero-order chi connectivity index (χ0) is 9.84. The molecule has 0 saturated carbocycles. The van der Waals surface area contributed by atoms with E-state index >= 15 is 0 Å². The Balaban J connectivity index is 2.75. The molecule has 1 nitrogen and oxygen atoms in total. The van der Waals surface area contributed by atoms with E-state index in [9.17, 15) is 0 Å². The standard InChI is InChI=1S/C10H11BrClN/c1-7-3-4-9(12)5-10(7)13-6-8(2)11/h3-5,13H,2,6H2,1H3. The van der Waals surface area contributed by atoms with Crippen molar-refractivity contribution in [2.45, 2.75) is 6.92 Å². The van der Waals surface area contributed by atoms with E-state index in [2.05, 4.69) is 27.8 Å². The maximum absolute atomic E-state index is 5.86. The number of hydrogen-bond acceptors (Lipinski definition) is 1.